The van der Waals surface area contributed by atoms with Gasteiger partial charge in [-0.3, -0.25) is 0 Å². The Bertz CT molecular complexity index is 535. The lowest BCUT2D eigenvalue weighted by atomic mass is 10.1. The van der Waals surface area contributed by atoms with E-state index >= 15 is 0 Å². The molecular formula is C11H17N3O3S. The second-order valence-electron chi connectivity index (χ2n) is 5.38. The zero-order chi connectivity index (χ0) is 12.8. The molecular weight excluding hydrogens is 254 g/mol. The Morgan fingerprint density at radius 1 is 1.39 bits per heavy atom. The van der Waals surface area contributed by atoms with E-state index in [1.807, 2.05) is 0 Å². The standard InChI is InChI=1S/C11H17N3O3S/c12-9(5-7-1-2-7)11-13-10(14-17-11)8-3-4-18(15,16)6-8/h7-9H,1-6,12H2. The number of rotatable bonds is 4. The van der Waals surface area contributed by atoms with Gasteiger partial charge in [-0.2, -0.15) is 4.98 Å². The molecule has 0 aromatic carbocycles. The third kappa shape index (κ3) is 2.56. The second kappa shape index (κ2) is 4.31. The summed E-state index contributed by atoms with van der Waals surface area (Å²) >= 11 is 0. The van der Waals surface area contributed by atoms with Gasteiger partial charge in [0.25, 0.3) is 0 Å². The van der Waals surface area contributed by atoms with Gasteiger partial charge >= 0.3 is 0 Å². The van der Waals surface area contributed by atoms with E-state index in [-0.39, 0.29) is 23.5 Å². The normalized spacial score (nSPS) is 28.4. The Morgan fingerprint density at radius 2 is 2.17 bits per heavy atom. The highest BCUT2D eigenvalue weighted by Crippen LogP contribution is 2.36. The predicted molar refractivity (Wildman–Crippen MR) is 64.6 cm³/mol. The van der Waals surface area contributed by atoms with E-state index in [1.54, 1.807) is 0 Å². The quantitative estimate of drug-likeness (QED) is 0.868. The number of sulfone groups is 1. The molecule has 2 atom stereocenters. The molecule has 2 unspecified atom stereocenters. The predicted octanol–water partition coefficient (Wildman–Crippen LogP) is 0.772. The van der Waals surface area contributed by atoms with Crippen molar-refractivity contribution >= 4 is 9.84 Å². The molecule has 1 saturated heterocycles. The fraction of sp³-hybridized carbons (Fsp3) is 0.818. The molecule has 1 aliphatic heterocycles. The number of nitrogens with two attached hydrogens (primary N) is 1. The average Bonchev–Trinajstić information content (AvgIpc) is 2.86. The van der Waals surface area contributed by atoms with Crippen LogP contribution in [0.15, 0.2) is 4.52 Å². The number of hydrogen-bond acceptors (Lipinski definition) is 6. The summed E-state index contributed by atoms with van der Waals surface area (Å²) in [7, 11) is -2.92. The van der Waals surface area contributed by atoms with E-state index < -0.39 is 9.84 Å². The topological polar surface area (TPSA) is 99.1 Å². The van der Waals surface area contributed by atoms with Crippen LogP contribution in [-0.2, 0) is 9.84 Å². The minimum atomic E-state index is -2.92. The lowest BCUT2D eigenvalue weighted by molar-refractivity contribution is 0.339. The maximum absolute atomic E-state index is 11.4. The van der Waals surface area contributed by atoms with Gasteiger partial charge in [0.05, 0.1) is 17.5 Å². The van der Waals surface area contributed by atoms with Crippen LogP contribution >= 0.6 is 0 Å². The van der Waals surface area contributed by atoms with Crippen molar-refractivity contribution in [3.05, 3.63) is 11.7 Å². The molecule has 1 aromatic rings. The van der Waals surface area contributed by atoms with Gasteiger partial charge in [-0.05, 0) is 18.8 Å². The highest BCUT2D eigenvalue weighted by molar-refractivity contribution is 7.91. The molecule has 1 saturated carbocycles. The van der Waals surface area contributed by atoms with E-state index in [0.717, 1.165) is 6.42 Å². The molecule has 2 heterocycles. The van der Waals surface area contributed by atoms with Gasteiger partial charge in [0.1, 0.15) is 0 Å². The molecule has 2 aliphatic rings. The van der Waals surface area contributed by atoms with Gasteiger partial charge in [-0.15, -0.1) is 0 Å². The van der Waals surface area contributed by atoms with Gasteiger partial charge in [-0.25, -0.2) is 8.42 Å². The minimum Gasteiger partial charge on any atom is -0.338 e. The Morgan fingerprint density at radius 3 is 2.78 bits per heavy atom. The van der Waals surface area contributed by atoms with Crippen molar-refractivity contribution in [2.45, 2.75) is 37.6 Å². The van der Waals surface area contributed by atoms with Crippen LogP contribution < -0.4 is 5.73 Å². The molecule has 7 heteroatoms. The minimum absolute atomic E-state index is 0.124. The Hall–Kier alpha value is -0.950. The molecule has 2 N–H and O–H groups in total. The second-order valence-corrected chi connectivity index (χ2v) is 7.61. The van der Waals surface area contributed by atoms with Crippen molar-refractivity contribution in [2.24, 2.45) is 11.7 Å². The van der Waals surface area contributed by atoms with Crippen LogP contribution in [0.5, 0.6) is 0 Å². The summed E-state index contributed by atoms with van der Waals surface area (Å²) in [5.74, 6) is 1.86. The maximum Gasteiger partial charge on any atom is 0.243 e. The number of aromatic nitrogens is 2. The lowest BCUT2D eigenvalue weighted by Crippen LogP contribution is -2.12. The average molecular weight is 271 g/mol. The van der Waals surface area contributed by atoms with E-state index in [0.29, 0.717) is 24.1 Å². The summed E-state index contributed by atoms with van der Waals surface area (Å²) in [6.07, 6.45) is 3.93. The molecule has 1 aliphatic carbocycles. The fourth-order valence-electron chi connectivity index (χ4n) is 2.38. The van der Waals surface area contributed by atoms with Gasteiger partial charge in [-0.1, -0.05) is 18.0 Å². The zero-order valence-electron chi connectivity index (χ0n) is 10.1. The van der Waals surface area contributed by atoms with Gasteiger partial charge in [0, 0.05) is 5.92 Å². The van der Waals surface area contributed by atoms with Gasteiger partial charge < -0.3 is 10.3 Å². The highest BCUT2D eigenvalue weighted by atomic mass is 32.2. The fourth-order valence-corrected chi connectivity index (χ4v) is 4.11. The summed E-state index contributed by atoms with van der Waals surface area (Å²) in [4.78, 5) is 4.27. The molecule has 3 rings (SSSR count). The largest absolute Gasteiger partial charge is 0.338 e. The Balaban J connectivity index is 1.69. The molecule has 0 spiro atoms. The van der Waals surface area contributed by atoms with Crippen molar-refractivity contribution < 1.29 is 12.9 Å². The van der Waals surface area contributed by atoms with Crippen LogP contribution in [0.25, 0.3) is 0 Å². The van der Waals surface area contributed by atoms with Gasteiger partial charge in [0.2, 0.25) is 5.89 Å². The number of hydrogen-bond donors (Lipinski definition) is 1. The van der Waals surface area contributed by atoms with E-state index in [2.05, 4.69) is 10.1 Å². The van der Waals surface area contributed by atoms with Crippen LogP contribution in [0.1, 0.15) is 49.4 Å². The zero-order valence-corrected chi connectivity index (χ0v) is 10.9. The summed E-state index contributed by atoms with van der Waals surface area (Å²) in [5, 5.41) is 3.88. The van der Waals surface area contributed by atoms with Crippen LogP contribution in [0, 0.1) is 5.92 Å². The smallest absolute Gasteiger partial charge is 0.243 e. The molecule has 100 valence electrons. The first kappa shape index (κ1) is 12.1. The molecule has 0 radical (unpaired) electrons. The Labute approximate surface area is 106 Å². The maximum atomic E-state index is 11.4. The summed E-state index contributed by atoms with van der Waals surface area (Å²) in [6, 6.07) is -0.211. The first-order valence-corrected chi connectivity index (χ1v) is 8.15. The lowest BCUT2D eigenvalue weighted by Gasteiger charge is -2.04. The van der Waals surface area contributed by atoms with E-state index in [9.17, 15) is 8.42 Å². The molecule has 1 aromatic heterocycles. The van der Waals surface area contributed by atoms with Crippen molar-refractivity contribution in [1.82, 2.24) is 10.1 Å². The molecule has 0 bridgehead atoms. The van der Waals surface area contributed by atoms with E-state index in [4.69, 9.17) is 10.3 Å². The van der Waals surface area contributed by atoms with Crippen LogP contribution in [0.4, 0.5) is 0 Å². The van der Waals surface area contributed by atoms with Crippen molar-refractivity contribution in [3.8, 4) is 0 Å². The summed E-state index contributed by atoms with van der Waals surface area (Å²) < 4.78 is 28.0. The highest BCUT2D eigenvalue weighted by Gasteiger charge is 2.33. The van der Waals surface area contributed by atoms with Gasteiger partial charge in [0.15, 0.2) is 15.7 Å². The first-order valence-electron chi connectivity index (χ1n) is 6.33. The van der Waals surface area contributed by atoms with Crippen molar-refractivity contribution in [3.63, 3.8) is 0 Å². The number of nitrogens with zero attached hydrogens (tertiary/aromatic N) is 2. The van der Waals surface area contributed by atoms with E-state index in [1.165, 1.54) is 12.8 Å². The Kier molecular flexibility index (Phi) is 2.90. The molecule has 6 nitrogen and oxygen atoms in total. The van der Waals surface area contributed by atoms with Crippen molar-refractivity contribution in [1.29, 1.82) is 0 Å². The first-order chi connectivity index (χ1) is 8.53. The van der Waals surface area contributed by atoms with Crippen LogP contribution in [0.2, 0.25) is 0 Å². The summed E-state index contributed by atoms with van der Waals surface area (Å²) in [5.41, 5.74) is 5.99. The van der Waals surface area contributed by atoms with Crippen LogP contribution in [-0.4, -0.2) is 30.1 Å². The van der Waals surface area contributed by atoms with Crippen molar-refractivity contribution in [2.75, 3.05) is 11.5 Å². The molecule has 2 fully saturated rings. The molecule has 18 heavy (non-hydrogen) atoms. The monoisotopic (exact) mass is 271 g/mol. The SMILES string of the molecule is NC(CC1CC1)c1nc(C2CCS(=O)(=O)C2)no1. The third-order valence-electron chi connectivity index (χ3n) is 3.66. The summed E-state index contributed by atoms with van der Waals surface area (Å²) in [6.45, 7) is 0. The molecule has 0 amide bonds. The third-order valence-corrected chi connectivity index (χ3v) is 5.42. The van der Waals surface area contributed by atoms with Crippen LogP contribution in [0.3, 0.4) is 0 Å².